The Morgan fingerprint density at radius 3 is 1.36 bits per heavy atom. The lowest BCUT2D eigenvalue weighted by Crippen LogP contribution is -2.21. The predicted octanol–water partition coefficient (Wildman–Crippen LogP) is 3.70. The van der Waals surface area contributed by atoms with Crippen LogP contribution in [-0.2, 0) is 10.1 Å². The van der Waals surface area contributed by atoms with E-state index in [2.05, 4.69) is 55.5 Å². The molecule has 0 saturated heterocycles. The molecule has 0 amide bonds. The zero-order valence-electron chi connectivity index (χ0n) is 11.3. The molecule has 0 unspecified atom stereocenters. The normalized spacial score (nSPS) is 11.7. The Bertz CT molecular complexity index is 629. The molecule has 0 fully saturated rings. The van der Waals surface area contributed by atoms with Gasteiger partial charge in [0.15, 0.2) is 10.1 Å². The Morgan fingerprint density at radius 2 is 1.14 bits per heavy atom. The summed E-state index contributed by atoms with van der Waals surface area (Å²) >= 11 is 0. The van der Waals surface area contributed by atoms with Crippen LogP contribution in [0.5, 0.6) is 0 Å². The van der Waals surface area contributed by atoms with Gasteiger partial charge in [0.05, 0.1) is 6.92 Å². The average Bonchev–Trinajstić information content (AvgIpc) is 2.47. The van der Waals surface area contributed by atoms with E-state index in [0.29, 0.717) is 0 Å². The zero-order chi connectivity index (χ0) is 16.8. The van der Waals surface area contributed by atoms with E-state index in [1.54, 1.807) is 0 Å². The third-order valence-corrected chi connectivity index (χ3v) is 3.25. The van der Waals surface area contributed by atoms with Crippen molar-refractivity contribution < 1.29 is 26.1 Å². The van der Waals surface area contributed by atoms with Crippen LogP contribution in [0.1, 0.15) is 17.0 Å². The Hall–Kier alpha value is -1.99. The Balaban J connectivity index is 0.000000261. The van der Waals surface area contributed by atoms with Gasteiger partial charge in [0.1, 0.15) is 5.92 Å². The second-order valence-corrected chi connectivity index (χ2v) is 5.64. The van der Waals surface area contributed by atoms with Gasteiger partial charge < -0.3 is 4.55 Å². The molecule has 0 saturated carbocycles. The van der Waals surface area contributed by atoms with E-state index in [4.69, 9.17) is 13.0 Å². The molecule has 118 valence electrons. The number of halogens is 3. The van der Waals surface area contributed by atoms with E-state index in [-0.39, 0.29) is 5.92 Å². The largest absolute Gasteiger partial charge is 0.741 e. The molecule has 0 radical (unpaired) electrons. The topological polar surface area (TPSA) is 57.2 Å². The van der Waals surface area contributed by atoms with Gasteiger partial charge in [-0.2, -0.15) is 13.2 Å². The van der Waals surface area contributed by atoms with Crippen molar-refractivity contribution in [2.45, 2.75) is 11.4 Å². The average molecular weight is 330 g/mol. The summed E-state index contributed by atoms with van der Waals surface area (Å²) in [5.41, 5.74) is -3.12. The van der Waals surface area contributed by atoms with E-state index < -0.39 is 15.6 Å². The van der Waals surface area contributed by atoms with Gasteiger partial charge in [-0.15, -0.1) is 0 Å². The number of hydrogen-bond acceptors (Lipinski definition) is 3. The molecule has 0 heterocycles. The molecule has 0 N–H and O–H groups in total. The van der Waals surface area contributed by atoms with Crippen molar-refractivity contribution in [2.75, 3.05) is 0 Å². The van der Waals surface area contributed by atoms with E-state index in [1.165, 1.54) is 11.1 Å². The van der Waals surface area contributed by atoms with Crippen LogP contribution >= 0.6 is 0 Å². The van der Waals surface area contributed by atoms with Crippen LogP contribution in [-0.4, -0.2) is 18.5 Å². The predicted molar refractivity (Wildman–Crippen MR) is 75.8 cm³/mol. The van der Waals surface area contributed by atoms with E-state index in [9.17, 15) is 13.2 Å². The monoisotopic (exact) mass is 330 g/mol. The van der Waals surface area contributed by atoms with Gasteiger partial charge in [-0.3, -0.25) is 0 Å². The van der Waals surface area contributed by atoms with Crippen molar-refractivity contribution in [3.63, 3.8) is 0 Å². The zero-order valence-corrected chi connectivity index (χ0v) is 12.1. The van der Waals surface area contributed by atoms with Gasteiger partial charge in [-0.25, -0.2) is 8.42 Å². The molecule has 2 rings (SSSR count). The highest BCUT2D eigenvalue weighted by Gasteiger charge is 2.36. The molecular weight excluding hydrogens is 317 g/mol. The van der Waals surface area contributed by atoms with Crippen molar-refractivity contribution in [3.8, 4) is 0 Å². The first-order valence-corrected chi connectivity index (χ1v) is 7.49. The lowest BCUT2D eigenvalue weighted by molar-refractivity contribution is -0.0517. The summed E-state index contributed by atoms with van der Waals surface area (Å²) in [5, 5.41) is 0. The minimum absolute atomic E-state index is 0.234. The highest BCUT2D eigenvalue weighted by molar-refractivity contribution is 7.86. The molecule has 2 aromatic rings. The minimum Gasteiger partial charge on any atom is -0.741 e. The maximum Gasteiger partial charge on any atom is 0.485 e. The lowest BCUT2D eigenvalue weighted by atomic mass is 9.93. The number of benzene rings is 2. The maximum atomic E-state index is 10.7. The van der Waals surface area contributed by atoms with E-state index >= 15 is 0 Å². The molecule has 0 aliphatic rings. The fourth-order valence-corrected chi connectivity index (χ4v) is 1.56. The summed E-state index contributed by atoms with van der Waals surface area (Å²) in [7, 11) is -6.09. The van der Waals surface area contributed by atoms with Crippen molar-refractivity contribution in [1.82, 2.24) is 0 Å². The van der Waals surface area contributed by atoms with E-state index in [1.807, 2.05) is 12.1 Å². The highest BCUT2D eigenvalue weighted by atomic mass is 32.2. The van der Waals surface area contributed by atoms with Crippen LogP contribution in [0.25, 0.3) is 0 Å². The smallest absolute Gasteiger partial charge is 0.485 e. The minimum atomic E-state index is -6.09. The van der Waals surface area contributed by atoms with Gasteiger partial charge in [0, 0.05) is 11.1 Å². The van der Waals surface area contributed by atoms with Crippen molar-refractivity contribution in [3.05, 3.63) is 78.7 Å². The van der Waals surface area contributed by atoms with Crippen LogP contribution in [0.4, 0.5) is 13.2 Å². The van der Waals surface area contributed by atoms with E-state index in [0.717, 1.165) is 0 Å². The van der Waals surface area contributed by atoms with Crippen LogP contribution in [0.15, 0.2) is 60.7 Å². The number of alkyl halides is 3. The molecule has 3 nitrogen and oxygen atoms in total. The Kier molecular flexibility index (Phi) is 6.01. The first-order valence-electron chi connectivity index (χ1n) is 6.08. The summed E-state index contributed by atoms with van der Waals surface area (Å²) < 4.78 is 58.9. The van der Waals surface area contributed by atoms with Crippen LogP contribution in [0.2, 0.25) is 0 Å². The molecule has 0 aliphatic heterocycles. The number of rotatable bonds is 2. The third-order valence-electron chi connectivity index (χ3n) is 2.69. The summed E-state index contributed by atoms with van der Waals surface area (Å²) in [5.74, 6) is 0.234. The number of hydrogen-bond donors (Lipinski definition) is 0. The highest BCUT2D eigenvalue weighted by Crippen LogP contribution is 2.22. The standard InChI is InChI=1S/C14H13.CHF3O3S/c1-12(13-8-4-2-5-9-13)14-10-6-3-7-11-14;2-1(3,4)8(5,6)7/h2-12H,1H2;(H,5,6,7)/q+1;/p-1. The molecular formula is C15H13F3O3S. The van der Waals surface area contributed by atoms with Gasteiger partial charge in [-0.05, 0) is 0 Å². The summed E-state index contributed by atoms with van der Waals surface area (Å²) in [6.07, 6.45) is 0. The summed E-state index contributed by atoms with van der Waals surface area (Å²) in [6.45, 7) is 4.18. The van der Waals surface area contributed by atoms with Crippen molar-refractivity contribution in [1.29, 1.82) is 0 Å². The molecule has 22 heavy (non-hydrogen) atoms. The SMILES string of the molecule is O=S(=O)([O-])C(F)(F)F.[CH2+]C(c1ccccc1)c1ccccc1. The first kappa shape index (κ1) is 18.1. The van der Waals surface area contributed by atoms with Crippen LogP contribution in [0, 0.1) is 6.92 Å². The van der Waals surface area contributed by atoms with Crippen LogP contribution < -0.4 is 0 Å². The molecule has 7 heteroatoms. The van der Waals surface area contributed by atoms with Crippen LogP contribution in [0.3, 0.4) is 0 Å². The summed E-state index contributed by atoms with van der Waals surface area (Å²) in [6, 6.07) is 20.7. The second kappa shape index (κ2) is 7.33. The maximum absolute atomic E-state index is 10.7. The van der Waals surface area contributed by atoms with Gasteiger partial charge in [-0.1, -0.05) is 60.7 Å². The molecule has 0 spiro atoms. The molecule has 0 atom stereocenters. The van der Waals surface area contributed by atoms with Gasteiger partial charge in [0.25, 0.3) is 0 Å². The molecule has 0 bridgehead atoms. The second-order valence-electron chi connectivity index (χ2n) is 4.27. The summed E-state index contributed by atoms with van der Waals surface area (Å²) in [4.78, 5) is 0. The molecule has 2 aromatic carbocycles. The van der Waals surface area contributed by atoms with Crippen molar-refractivity contribution >= 4 is 10.1 Å². The third kappa shape index (κ3) is 5.42. The fraction of sp³-hybridized carbons (Fsp3) is 0.133. The lowest BCUT2D eigenvalue weighted by Gasteiger charge is -2.08. The Labute approximate surface area is 127 Å². The molecule has 0 aliphatic carbocycles. The molecule has 0 aromatic heterocycles. The quantitative estimate of drug-likeness (QED) is 0.479. The van der Waals surface area contributed by atoms with Crippen molar-refractivity contribution in [2.24, 2.45) is 0 Å². The van der Waals surface area contributed by atoms with Gasteiger partial charge >= 0.3 is 5.51 Å². The van der Waals surface area contributed by atoms with Gasteiger partial charge in [0.2, 0.25) is 0 Å². The fourth-order valence-electron chi connectivity index (χ4n) is 1.56. The Morgan fingerprint density at radius 1 is 0.864 bits per heavy atom. The first-order chi connectivity index (χ1) is 10.1.